The van der Waals surface area contributed by atoms with Gasteiger partial charge < -0.3 is 10.4 Å². The second-order valence-corrected chi connectivity index (χ2v) is 6.03. The van der Waals surface area contributed by atoms with Gasteiger partial charge in [0.05, 0.1) is 11.2 Å². The third-order valence-corrected chi connectivity index (χ3v) is 4.21. The molecule has 6 heteroatoms. The van der Waals surface area contributed by atoms with Gasteiger partial charge in [0.15, 0.2) is 0 Å². The van der Waals surface area contributed by atoms with Gasteiger partial charge in [-0.25, -0.2) is 4.98 Å². The molecule has 0 fully saturated rings. The average Bonchev–Trinajstić information content (AvgIpc) is 2.79. The minimum absolute atomic E-state index is 0.0224. The smallest absolute Gasteiger partial charge is 0.263 e. The summed E-state index contributed by atoms with van der Waals surface area (Å²) in [6.07, 6.45) is 6.17. The molecule has 2 N–H and O–H groups in total. The van der Waals surface area contributed by atoms with Gasteiger partial charge in [0.1, 0.15) is 4.88 Å². The third-order valence-electron chi connectivity index (χ3n) is 2.42. The van der Waals surface area contributed by atoms with Crippen LogP contribution in [0.3, 0.4) is 0 Å². The van der Waals surface area contributed by atoms with Gasteiger partial charge in [-0.05, 0) is 25.5 Å². The Balaban J connectivity index is 2.56. The number of thioether (sulfide) groups is 1. The molecule has 4 nitrogen and oxygen atoms in total. The molecule has 18 heavy (non-hydrogen) atoms. The van der Waals surface area contributed by atoms with Crippen molar-refractivity contribution < 1.29 is 9.90 Å². The predicted octanol–water partition coefficient (Wildman–Crippen LogP) is 1.94. The van der Waals surface area contributed by atoms with Crippen LogP contribution in [0, 0.1) is 0 Å². The molecule has 0 aromatic carbocycles. The Morgan fingerprint density at radius 3 is 3.06 bits per heavy atom. The maximum atomic E-state index is 12.0. The van der Waals surface area contributed by atoms with Gasteiger partial charge in [-0.1, -0.05) is 6.92 Å². The number of aliphatic hydroxyl groups is 1. The van der Waals surface area contributed by atoms with E-state index in [4.69, 9.17) is 5.11 Å². The van der Waals surface area contributed by atoms with Crippen LogP contribution in [0.4, 0.5) is 0 Å². The van der Waals surface area contributed by atoms with Crippen molar-refractivity contribution >= 4 is 29.0 Å². The molecule has 0 aliphatic carbocycles. The number of rotatable bonds is 8. The second kappa shape index (κ2) is 8.50. The molecule has 1 rings (SSSR count). The first-order chi connectivity index (χ1) is 8.71. The Morgan fingerprint density at radius 2 is 2.44 bits per heavy atom. The number of thiazole rings is 1. The third kappa shape index (κ3) is 4.96. The predicted molar refractivity (Wildman–Crippen MR) is 77.4 cm³/mol. The molecule has 0 aliphatic rings. The molecule has 0 radical (unpaired) electrons. The van der Waals surface area contributed by atoms with Gasteiger partial charge in [-0.3, -0.25) is 4.79 Å². The second-order valence-electron chi connectivity index (χ2n) is 4.01. The van der Waals surface area contributed by atoms with Crippen LogP contribution in [-0.2, 0) is 6.42 Å². The fraction of sp³-hybridized carbons (Fsp3) is 0.667. The lowest BCUT2D eigenvalue weighted by Gasteiger charge is -2.15. The number of nitrogens with one attached hydrogen (secondary N) is 1. The number of hydrogen-bond acceptors (Lipinski definition) is 5. The summed E-state index contributed by atoms with van der Waals surface area (Å²) >= 11 is 3.11. The Hall–Kier alpha value is -0.590. The zero-order valence-corrected chi connectivity index (χ0v) is 12.4. The summed E-state index contributed by atoms with van der Waals surface area (Å²) in [6.45, 7) is 2.19. The van der Waals surface area contributed by atoms with E-state index in [1.807, 2.05) is 6.26 Å². The molecule has 0 bridgehead atoms. The van der Waals surface area contributed by atoms with Crippen molar-refractivity contribution in [2.45, 2.75) is 32.2 Å². The highest BCUT2D eigenvalue weighted by molar-refractivity contribution is 7.98. The number of aromatic nitrogens is 1. The van der Waals surface area contributed by atoms with Gasteiger partial charge in [-0.2, -0.15) is 11.8 Å². The van der Waals surface area contributed by atoms with E-state index >= 15 is 0 Å². The number of amides is 1. The number of aryl methyl sites for hydroxylation is 1. The van der Waals surface area contributed by atoms with E-state index in [-0.39, 0.29) is 18.6 Å². The zero-order chi connectivity index (χ0) is 13.4. The Labute approximate surface area is 116 Å². The summed E-state index contributed by atoms with van der Waals surface area (Å²) in [4.78, 5) is 16.9. The molecule has 0 spiro atoms. The lowest BCUT2D eigenvalue weighted by molar-refractivity contribution is 0.0939. The van der Waals surface area contributed by atoms with Crippen LogP contribution in [0.1, 0.15) is 34.4 Å². The maximum absolute atomic E-state index is 12.0. The Morgan fingerprint density at radius 1 is 1.67 bits per heavy atom. The van der Waals surface area contributed by atoms with Crippen LogP contribution < -0.4 is 5.32 Å². The molecular formula is C12H20N2O2S2. The zero-order valence-electron chi connectivity index (χ0n) is 10.8. The van der Waals surface area contributed by atoms with Crippen molar-refractivity contribution in [3.05, 3.63) is 16.1 Å². The average molecular weight is 288 g/mol. The monoisotopic (exact) mass is 288 g/mol. The van der Waals surface area contributed by atoms with Crippen molar-refractivity contribution in [2.24, 2.45) is 0 Å². The van der Waals surface area contributed by atoms with E-state index in [0.29, 0.717) is 11.3 Å². The fourth-order valence-electron chi connectivity index (χ4n) is 1.56. The normalized spacial score (nSPS) is 12.4. The highest BCUT2D eigenvalue weighted by Crippen LogP contribution is 2.15. The molecule has 0 saturated carbocycles. The first kappa shape index (κ1) is 15.5. The Kier molecular flexibility index (Phi) is 7.31. The van der Waals surface area contributed by atoms with E-state index in [1.54, 1.807) is 18.0 Å². The summed E-state index contributed by atoms with van der Waals surface area (Å²) in [6, 6.07) is 0.0224. The van der Waals surface area contributed by atoms with E-state index in [0.717, 1.165) is 23.6 Å². The number of carbonyl (C=O) groups is 1. The summed E-state index contributed by atoms with van der Waals surface area (Å²) in [5.41, 5.74) is 0. The van der Waals surface area contributed by atoms with Crippen LogP contribution in [0.2, 0.25) is 0 Å². The molecule has 0 aliphatic heterocycles. The first-order valence-electron chi connectivity index (χ1n) is 6.06. The van der Waals surface area contributed by atoms with Crippen molar-refractivity contribution in [3.8, 4) is 0 Å². The molecule has 1 heterocycles. The van der Waals surface area contributed by atoms with E-state index in [2.05, 4.69) is 17.2 Å². The number of aliphatic hydroxyl groups excluding tert-OH is 1. The van der Waals surface area contributed by atoms with Crippen LogP contribution in [0.25, 0.3) is 0 Å². The van der Waals surface area contributed by atoms with Crippen LogP contribution in [-0.4, -0.2) is 40.7 Å². The molecule has 1 unspecified atom stereocenters. The molecule has 1 aromatic heterocycles. The minimum atomic E-state index is -0.0812. The van der Waals surface area contributed by atoms with E-state index in [9.17, 15) is 4.79 Å². The minimum Gasteiger partial charge on any atom is -0.396 e. The fourth-order valence-corrected chi connectivity index (χ4v) is 3.13. The van der Waals surface area contributed by atoms with Gasteiger partial charge in [0.2, 0.25) is 0 Å². The highest BCUT2D eigenvalue weighted by atomic mass is 32.2. The maximum Gasteiger partial charge on any atom is 0.263 e. The van der Waals surface area contributed by atoms with Gasteiger partial charge >= 0.3 is 0 Å². The molecule has 0 saturated heterocycles. The standard InChI is InChI=1S/C12H20N2O2S2/c1-3-4-11-13-7-10(18-11)12(16)14-9(5-6-15)8-17-2/h7,9,15H,3-6,8H2,1-2H3,(H,14,16). The highest BCUT2D eigenvalue weighted by Gasteiger charge is 2.15. The topological polar surface area (TPSA) is 62.2 Å². The molecule has 1 amide bonds. The number of hydrogen-bond donors (Lipinski definition) is 2. The van der Waals surface area contributed by atoms with Crippen molar-refractivity contribution in [2.75, 3.05) is 18.6 Å². The first-order valence-corrected chi connectivity index (χ1v) is 8.27. The summed E-state index contributed by atoms with van der Waals surface area (Å²) in [7, 11) is 0. The van der Waals surface area contributed by atoms with Gasteiger partial charge in [-0.15, -0.1) is 11.3 Å². The van der Waals surface area contributed by atoms with E-state index in [1.165, 1.54) is 11.3 Å². The molecule has 102 valence electrons. The summed E-state index contributed by atoms with van der Waals surface area (Å²) in [5.74, 6) is 0.731. The summed E-state index contributed by atoms with van der Waals surface area (Å²) in [5, 5.41) is 12.9. The van der Waals surface area contributed by atoms with Crippen LogP contribution >= 0.6 is 23.1 Å². The SMILES string of the molecule is CCCc1ncc(C(=O)NC(CCO)CSC)s1. The van der Waals surface area contributed by atoms with Crippen LogP contribution in [0.5, 0.6) is 0 Å². The Bertz CT molecular complexity index is 363. The molecule has 1 aromatic rings. The van der Waals surface area contributed by atoms with Gasteiger partial charge in [0.25, 0.3) is 5.91 Å². The number of carbonyl (C=O) groups excluding carboxylic acids is 1. The quantitative estimate of drug-likeness (QED) is 0.767. The van der Waals surface area contributed by atoms with E-state index < -0.39 is 0 Å². The summed E-state index contributed by atoms with van der Waals surface area (Å²) < 4.78 is 0. The number of nitrogens with zero attached hydrogens (tertiary/aromatic N) is 1. The van der Waals surface area contributed by atoms with Crippen molar-refractivity contribution in [1.82, 2.24) is 10.3 Å². The molecule has 1 atom stereocenters. The van der Waals surface area contributed by atoms with Crippen molar-refractivity contribution in [3.63, 3.8) is 0 Å². The van der Waals surface area contributed by atoms with Crippen LogP contribution in [0.15, 0.2) is 6.20 Å². The van der Waals surface area contributed by atoms with Gasteiger partial charge in [0, 0.05) is 18.4 Å². The largest absolute Gasteiger partial charge is 0.396 e. The lowest BCUT2D eigenvalue weighted by Crippen LogP contribution is -2.36. The van der Waals surface area contributed by atoms with Crippen molar-refractivity contribution in [1.29, 1.82) is 0 Å². The molecular weight excluding hydrogens is 268 g/mol. The lowest BCUT2D eigenvalue weighted by atomic mass is 10.2.